The fraction of sp³-hybridized carbons (Fsp3) is 0.926. The van der Waals surface area contributed by atoms with E-state index in [1.165, 1.54) is 0 Å². The topological polar surface area (TPSA) is 104 Å². The summed E-state index contributed by atoms with van der Waals surface area (Å²) in [5, 5.41) is 24.7. The highest BCUT2D eigenvalue weighted by atomic mass is 32.2. The van der Waals surface area contributed by atoms with E-state index in [2.05, 4.69) is 26.1 Å². The van der Waals surface area contributed by atoms with Crippen LogP contribution < -0.4 is 5.32 Å². The monoisotopic (exact) mass is 495 g/mol. The first-order valence-electron chi connectivity index (χ1n) is 13.4. The average Bonchev–Trinajstić information content (AvgIpc) is 3.12. The summed E-state index contributed by atoms with van der Waals surface area (Å²) in [7, 11) is -0.908. The van der Waals surface area contributed by atoms with Crippen LogP contribution in [0.25, 0.3) is 0 Å². The zero-order chi connectivity index (χ0) is 24.8. The summed E-state index contributed by atoms with van der Waals surface area (Å²) in [5.41, 5.74) is -0.257. The third-order valence-electron chi connectivity index (χ3n) is 10.8. The Kier molecular flexibility index (Phi) is 7.67. The maximum atomic E-state index is 13.5. The van der Waals surface area contributed by atoms with Crippen molar-refractivity contribution in [1.29, 1.82) is 0 Å². The summed E-state index contributed by atoms with van der Waals surface area (Å²) in [4.78, 5) is 25.8. The van der Waals surface area contributed by atoms with Crippen molar-refractivity contribution in [3.05, 3.63) is 0 Å². The molecule has 0 spiro atoms. The van der Waals surface area contributed by atoms with Crippen LogP contribution in [0.3, 0.4) is 0 Å². The average molecular weight is 496 g/mol. The van der Waals surface area contributed by atoms with E-state index in [9.17, 15) is 24.0 Å². The molecule has 1 unspecified atom stereocenters. The van der Waals surface area contributed by atoms with Gasteiger partial charge in [-0.2, -0.15) is 0 Å². The van der Waals surface area contributed by atoms with E-state index in [0.717, 1.165) is 38.5 Å². The minimum Gasteiger partial charge on any atom is -0.393 e. The Hall–Kier alpha value is -0.790. The Morgan fingerprint density at radius 1 is 1.18 bits per heavy atom. The van der Waals surface area contributed by atoms with Crippen LogP contribution in [0.15, 0.2) is 0 Å². The van der Waals surface area contributed by atoms with Crippen molar-refractivity contribution in [1.82, 2.24) is 5.32 Å². The highest BCUT2D eigenvalue weighted by Gasteiger charge is 2.65. The molecule has 7 heteroatoms. The summed E-state index contributed by atoms with van der Waals surface area (Å²) in [6, 6.07) is 0. The molecule has 0 saturated heterocycles. The molecule has 4 saturated carbocycles. The smallest absolute Gasteiger partial charge is 0.220 e. The number of carbonyl (C=O) groups excluding carboxylic acids is 2. The molecule has 0 aromatic rings. The Labute approximate surface area is 207 Å². The summed E-state index contributed by atoms with van der Waals surface area (Å²) in [6.07, 6.45) is 7.85. The maximum absolute atomic E-state index is 13.5. The van der Waals surface area contributed by atoms with Gasteiger partial charge in [0.1, 0.15) is 5.78 Å². The molecule has 3 N–H and O–H groups in total. The number of Topliss-reactive ketones (excluding diaryl/α,β-unsaturated/α-hetero) is 1. The predicted molar refractivity (Wildman–Crippen MR) is 133 cm³/mol. The molecular weight excluding hydrogens is 450 g/mol. The zero-order valence-electron chi connectivity index (χ0n) is 21.4. The van der Waals surface area contributed by atoms with Crippen molar-refractivity contribution >= 4 is 22.5 Å². The number of aliphatic hydroxyl groups is 2. The number of carbonyl (C=O) groups is 2. The van der Waals surface area contributed by atoms with Gasteiger partial charge in [-0.1, -0.05) is 20.8 Å². The second-order valence-corrected chi connectivity index (χ2v) is 14.0. The lowest BCUT2D eigenvalue weighted by Crippen LogP contribution is -2.61. The van der Waals surface area contributed by atoms with Crippen LogP contribution in [0.1, 0.15) is 78.6 Å². The fourth-order valence-electron chi connectivity index (χ4n) is 8.83. The van der Waals surface area contributed by atoms with Gasteiger partial charge in [0.05, 0.1) is 12.2 Å². The van der Waals surface area contributed by atoms with Gasteiger partial charge in [0.2, 0.25) is 5.91 Å². The largest absolute Gasteiger partial charge is 0.393 e. The molecule has 4 aliphatic carbocycles. The van der Waals surface area contributed by atoms with Crippen LogP contribution in [0.5, 0.6) is 0 Å². The van der Waals surface area contributed by atoms with E-state index >= 15 is 0 Å². The van der Waals surface area contributed by atoms with Gasteiger partial charge < -0.3 is 15.5 Å². The van der Waals surface area contributed by atoms with Gasteiger partial charge >= 0.3 is 0 Å². The lowest BCUT2D eigenvalue weighted by molar-refractivity contribution is -0.182. The Morgan fingerprint density at radius 3 is 2.62 bits per heavy atom. The van der Waals surface area contributed by atoms with E-state index in [-0.39, 0.29) is 46.5 Å². The lowest BCUT2D eigenvalue weighted by atomic mass is 9.43. The van der Waals surface area contributed by atoms with Crippen molar-refractivity contribution in [3.8, 4) is 0 Å². The number of ketones is 1. The summed E-state index contributed by atoms with van der Waals surface area (Å²) >= 11 is 0. The number of aliphatic hydroxyl groups excluding tert-OH is 2. The third-order valence-corrected chi connectivity index (χ3v) is 11.6. The van der Waals surface area contributed by atoms with Crippen molar-refractivity contribution in [2.45, 2.75) is 90.8 Å². The molecule has 6 nitrogen and oxygen atoms in total. The van der Waals surface area contributed by atoms with Crippen LogP contribution in [-0.2, 0) is 20.4 Å². The normalized spacial score (nSPS) is 45.6. The van der Waals surface area contributed by atoms with E-state index in [1.807, 2.05) is 0 Å². The molecule has 4 aliphatic rings. The van der Waals surface area contributed by atoms with Crippen molar-refractivity contribution in [3.63, 3.8) is 0 Å². The molecule has 4 rings (SSSR count). The van der Waals surface area contributed by atoms with Gasteiger partial charge in [0.15, 0.2) is 0 Å². The van der Waals surface area contributed by atoms with Crippen LogP contribution in [0.4, 0.5) is 0 Å². The second kappa shape index (κ2) is 9.93. The van der Waals surface area contributed by atoms with E-state index in [4.69, 9.17) is 0 Å². The first-order valence-corrected chi connectivity index (χ1v) is 15.2. The molecule has 34 heavy (non-hydrogen) atoms. The number of amides is 1. The number of hydrogen-bond acceptors (Lipinski definition) is 5. The molecule has 194 valence electrons. The molecule has 4 fully saturated rings. The number of hydrogen-bond donors (Lipinski definition) is 3. The van der Waals surface area contributed by atoms with Gasteiger partial charge in [0, 0.05) is 53.5 Å². The zero-order valence-corrected chi connectivity index (χ0v) is 22.2. The van der Waals surface area contributed by atoms with Crippen LogP contribution in [0.2, 0.25) is 0 Å². The first-order chi connectivity index (χ1) is 16.0. The van der Waals surface area contributed by atoms with Crippen LogP contribution in [0, 0.1) is 46.3 Å². The molecule has 1 amide bonds. The minimum atomic E-state index is -0.908. The third kappa shape index (κ3) is 4.54. The number of nitrogens with one attached hydrogen (secondary N) is 1. The van der Waals surface area contributed by atoms with Gasteiger partial charge in [-0.05, 0) is 80.0 Å². The molecule has 0 bridgehead atoms. The van der Waals surface area contributed by atoms with E-state index in [0.29, 0.717) is 49.2 Å². The summed E-state index contributed by atoms with van der Waals surface area (Å²) in [6.45, 7) is 7.19. The molecule has 0 radical (unpaired) electrons. The Balaban J connectivity index is 1.45. The molecule has 0 aliphatic heterocycles. The second-order valence-electron chi connectivity index (χ2n) is 12.5. The number of rotatable bonds is 7. The molecular formula is C27H45NO5S. The van der Waals surface area contributed by atoms with Gasteiger partial charge in [0.25, 0.3) is 0 Å². The SMILES string of the molecule is C[C@H](CCC(=O)NCCS(C)=O)[C@H]1CC[C@H]2[C@@H]3C(=O)C[C@@H]4C[C@H](O)CC[C@]4(C)[C@H]3C[C@H](O)[C@]12C. The predicted octanol–water partition coefficient (Wildman–Crippen LogP) is 3.07. The molecule has 0 aromatic carbocycles. The lowest BCUT2D eigenvalue weighted by Gasteiger charge is -2.61. The highest BCUT2D eigenvalue weighted by Crippen LogP contribution is 2.67. The molecule has 0 aromatic heterocycles. The van der Waals surface area contributed by atoms with Gasteiger partial charge in [-0.3, -0.25) is 13.8 Å². The molecule has 11 atom stereocenters. The Bertz CT molecular complexity index is 819. The molecule has 0 heterocycles. The van der Waals surface area contributed by atoms with Gasteiger partial charge in [-0.25, -0.2) is 0 Å². The summed E-state index contributed by atoms with van der Waals surface area (Å²) < 4.78 is 11.2. The first kappa shape index (κ1) is 26.3. The van der Waals surface area contributed by atoms with Crippen molar-refractivity contribution in [2.24, 2.45) is 46.3 Å². The van der Waals surface area contributed by atoms with Crippen LogP contribution in [-0.4, -0.2) is 56.9 Å². The van der Waals surface area contributed by atoms with E-state index < -0.39 is 16.9 Å². The Morgan fingerprint density at radius 2 is 1.91 bits per heavy atom. The van der Waals surface area contributed by atoms with Crippen molar-refractivity contribution in [2.75, 3.05) is 18.6 Å². The maximum Gasteiger partial charge on any atom is 0.220 e. The van der Waals surface area contributed by atoms with E-state index in [1.54, 1.807) is 6.26 Å². The fourth-order valence-corrected chi connectivity index (χ4v) is 9.22. The van der Waals surface area contributed by atoms with Crippen LogP contribution >= 0.6 is 0 Å². The van der Waals surface area contributed by atoms with Gasteiger partial charge in [-0.15, -0.1) is 0 Å². The quantitative estimate of drug-likeness (QED) is 0.504. The van der Waals surface area contributed by atoms with Crippen molar-refractivity contribution < 1.29 is 24.0 Å². The highest BCUT2D eigenvalue weighted by molar-refractivity contribution is 7.84. The standard InChI is InChI=1S/C27H45NO5S/c1-16(5-8-24(32)28-11-12-34(4)33)19-6-7-20-25-21(15-23(31)27(19,20)3)26(2)10-9-18(29)13-17(26)14-22(25)30/h16-21,23,25,29,31H,5-15H2,1-4H3,(H,28,32)/t16-,17+,18-,19-,20+,21+,23+,25+,26+,27-,34?/m1/s1. The summed E-state index contributed by atoms with van der Waals surface area (Å²) in [5.74, 6) is 2.12. The minimum absolute atomic E-state index is 0.00201. The number of fused-ring (bicyclic) bond motifs is 5.